The van der Waals surface area contributed by atoms with Crippen molar-refractivity contribution < 1.29 is 18.7 Å². The number of pyridine rings is 1. The average molecular weight is 640 g/mol. The maximum Gasteiger partial charge on any atom is 0.255 e. The quantitative estimate of drug-likeness (QED) is 0.174. The highest BCUT2D eigenvalue weighted by molar-refractivity contribution is 6.30. The van der Waals surface area contributed by atoms with Crippen molar-refractivity contribution >= 4 is 34.2 Å². The van der Waals surface area contributed by atoms with Gasteiger partial charge in [0.2, 0.25) is 5.88 Å². The Balaban J connectivity index is 1.01. The number of likely N-dealkylation sites (tertiary alicyclic amines) is 1. The number of anilines is 1. The lowest BCUT2D eigenvalue weighted by atomic mass is 9.93. The molecule has 1 N–H and O–H groups in total. The molecule has 46 heavy (non-hydrogen) atoms. The molecule has 7 rings (SSSR count). The number of carbonyl (C=O) groups excluding carboxylic acids is 1. The Morgan fingerprint density at radius 2 is 1.80 bits per heavy atom. The Morgan fingerprint density at radius 3 is 2.57 bits per heavy atom. The molecule has 8 nitrogen and oxygen atoms in total. The molecule has 1 atom stereocenters. The third kappa shape index (κ3) is 6.92. The molecule has 2 aliphatic rings. The van der Waals surface area contributed by atoms with Gasteiger partial charge < -0.3 is 19.4 Å². The number of rotatable bonds is 10. The Labute approximate surface area is 272 Å². The Bertz CT molecular complexity index is 1840. The number of aromatic nitrogens is 3. The van der Waals surface area contributed by atoms with Crippen LogP contribution in [0, 0.1) is 5.82 Å². The summed E-state index contributed by atoms with van der Waals surface area (Å²) in [5.74, 6) is 1.26. The van der Waals surface area contributed by atoms with Crippen LogP contribution >= 0.6 is 11.6 Å². The molecular weight excluding hydrogens is 605 g/mol. The summed E-state index contributed by atoms with van der Waals surface area (Å²) < 4.78 is 28.1. The van der Waals surface area contributed by atoms with Crippen LogP contribution in [0.1, 0.15) is 52.6 Å². The molecular formula is C36H35ClFN5O3. The second kappa shape index (κ2) is 13.6. The number of benzene rings is 3. The number of fused-ring (bicyclic) bond motifs is 1. The van der Waals surface area contributed by atoms with Crippen molar-refractivity contribution in [2.45, 2.75) is 51.0 Å². The van der Waals surface area contributed by atoms with Gasteiger partial charge in [-0.15, -0.1) is 0 Å². The van der Waals surface area contributed by atoms with Gasteiger partial charge in [0, 0.05) is 46.1 Å². The first-order chi connectivity index (χ1) is 22.5. The van der Waals surface area contributed by atoms with Gasteiger partial charge in [-0.3, -0.25) is 9.69 Å². The summed E-state index contributed by atoms with van der Waals surface area (Å²) in [6.07, 6.45) is 3.16. The fourth-order valence-electron chi connectivity index (χ4n) is 6.12. The van der Waals surface area contributed by atoms with Crippen molar-refractivity contribution in [1.29, 1.82) is 0 Å². The summed E-state index contributed by atoms with van der Waals surface area (Å²) in [5, 5.41) is 3.37. The number of ether oxygens (including phenoxy) is 2. The SMILES string of the molecule is O=C(Nc1ccc2c(c1)nc(CN1CCC(c3cccc(OCc4ccc(Cl)cc4F)n3)CC1)n2C[C@@H]1CCO1)c1ccccc1. The average Bonchev–Trinajstić information content (AvgIpc) is 3.38. The van der Waals surface area contributed by atoms with E-state index >= 15 is 0 Å². The van der Waals surface area contributed by atoms with E-state index in [-0.39, 0.29) is 24.4 Å². The Morgan fingerprint density at radius 1 is 0.978 bits per heavy atom. The molecule has 1 amide bonds. The summed E-state index contributed by atoms with van der Waals surface area (Å²) in [7, 11) is 0. The zero-order chi connectivity index (χ0) is 31.5. The van der Waals surface area contributed by atoms with E-state index in [1.807, 2.05) is 48.5 Å². The highest BCUT2D eigenvalue weighted by Gasteiger charge is 2.26. The van der Waals surface area contributed by atoms with E-state index < -0.39 is 0 Å². The minimum Gasteiger partial charge on any atom is -0.473 e. The van der Waals surface area contributed by atoms with Gasteiger partial charge in [-0.2, -0.15) is 0 Å². The third-order valence-corrected chi connectivity index (χ3v) is 9.04. The fraction of sp³-hybridized carbons (Fsp3) is 0.306. The molecule has 0 bridgehead atoms. The molecule has 236 valence electrons. The van der Waals surface area contributed by atoms with E-state index in [9.17, 15) is 9.18 Å². The zero-order valence-corrected chi connectivity index (χ0v) is 26.1. The highest BCUT2D eigenvalue weighted by atomic mass is 35.5. The lowest BCUT2D eigenvalue weighted by molar-refractivity contribution is -0.0592. The molecule has 2 aliphatic heterocycles. The largest absolute Gasteiger partial charge is 0.473 e. The molecule has 2 saturated heterocycles. The Kier molecular flexibility index (Phi) is 8.96. The lowest BCUT2D eigenvalue weighted by Crippen LogP contribution is -2.35. The molecule has 3 aromatic carbocycles. The predicted molar refractivity (Wildman–Crippen MR) is 176 cm³/mol. The standard InChI is InChI=1S/C36H35ClFN5O3/c37-27-10-9-26(30(38)19-27)23-46-35-8-4-7-31(41-35)24-13-16-42(17-14-24)22-34-40-32-20-28(39-36(44)25-5-2-1-3-6-25)11-12-33(32)43(34)21-29-15-18-45-29/h1-12,19-20,24,29H,13-18,21-23H2,(H,39,44)/t29-/m0/s1. The number of amides is 1. The van der Waals surface area contributed by atoms with Gasteiger partial charge in [-0.05, 0) is 80.9 Å². The highest BCUT2D eigenvalue weighted by Crippen LogP contribution is 2.30. The summed E-state index contributed by atoms with van der Waals surface area (Å²) in [6, 6.07) is 25.5. The van der Waals surface area contributed by atoms with Crippen LogP contribution in [0.25, 0.3) is 11.0 Å². The van der Waals surface area contributed by atoms with Crippen molar-refractivity contribution in [3.8, 4) is 5.88 Å². The number of imidazole rings is 1. The number of nitrogens with one attached hydrogen (secondary N) is 1. The predicted octanol–water partition coefficient (Wildman–Crippen LogP) is 7.22. The van der Waals surface area contributed by atoms with Gasteiger partial charge in [-0.25, -0.2) is 14.4 Å². The first-order valence-electron chi connectivity index (χ1n) is 15.7. The fourth-order valence-corrected chi connectivity index (χ4v) is 6.28. The third-order valence-electron chi connectivity index (χ3n) is 8.81. The van der Waals surface area contributed by atoms with Crippen LogP contribution in [-0.2, 0) is 24.4 Å². The maximum absolute atomic E-state index is 14.2. The van der Waals surface area contributed by atoms with Crippen LogP contribution in [0.2, 0.25) is 5.02 Å². The van der Waals surface area contributed by atoms with E-state index in [1.54, 1.807) is 30.3 Å². The smallest absolute Gasteiger partial charge is 0.255 e. The van der Waals surface area contributed by atoms with E-state index in [4.69, 9.17) is 31.0 Å². The van der Waals surface area contributed by atoms with Crippen molar-refractivity contribution in [1.82, 2.24) is 19.4 Å². The topological polar surface area (TPSA) is 81.5 Å². The number of nitrogens with zero attached hydrogens (tertiary/aromatic N) is 4. The number of halogens is 2. The van der Waals surface area contributed by atoms with E-state index in [2.05, 4.69) is 14.8 Å². The van der Waals surface area contributed by atoms with Crippen LogP contribution in [-0.4, -0.2) is 51.1 Å². The van der Waals surface area contributed by atoms with Gasteiger partial charge in [-0.1, -0.05) is 41.9 Å². The van der Waals surface area contributed by atoms with Crippen molar-refractivity contribution in [2.75, 3.05) is 25.0 Å². The molecule has 0 spiro atoms. The lowest BCUT2D eigenvalue weighted by Gasteiger charge is -2.32. The second-order valence-electron chi connectivity index (χ2n) is 11.9. The molecule has 0 aliphatic carbocycles. The van der Waals surface area contributed by atoms with Gasteiger partial charge in [0.05, 0.1) is 30.2 Å². The first kappa shape index (κ1) is 30.3. The molecule has 0 saturated carbocycles. The number of carbonyl (C=O) groups is 1. The minimum atomic E-state index is -0.389. The van der Waals surface area contributed by atoms with Crippen LogP contribution < -0.4 is 10.1 Å². The molecule has 0 unspecified atom stereocenters. The van der Waals surface area contributed by atoms with Gasteiger partial charge in [0.1, 0.15) is 18.2 Å². The van der Waals surface area contributed by atoms with Crippen LogP contribution in [0.3, 0.4) is 0 Å². The van der Waals surface area contributed by atoms with E-state index in [1.165, 1.54) is 6.07 Å². The van der Waals surface area contributed by atoms with E-state index in [0.29, 0.717) is 27.9 Å². The van der Waals surface area contributed by atoms with Gasteiger partial charge in [0.15, 0.2) is 0 Å². The van der Waals surface area contributed by atoms with Crippen molar-refractivity contribution in [2.24, 2.45) is 0 Å². The minimum absolute atomic E-state index is 0.0890. The van der Waals surface area contributed by atoms with Crippen molar-refractivity contribution in [3.63, 3.8) is 0 Å². The molecule has 0 radical (unpaired) electrons. The number of piperidine rings is 1. The molecule has 2 fully saturated rings. The first-order valence-corrected chi connectivity index (χ1v) is 16.1. The van der Waals surface area contributed by atoms with Crippen LogP contribution in [0.5, 0.6) is 5.88 Å². The van der Waals surface area contributed by atoms with E-state index in [0.717, 1.165) is 80.3 Å². The summed E-state index contributed by atoms with van der Waals surface area (Å²) >= 11 is 5.87. The normalized spacial score (nSPS) is 17.1. The molecule has 2 aromatic heterocycles. The Hall–Kier alpha value is -4.31. The zero-order valence-electron chi connectivity index (χ0n) is 25.4. The van der Waals surface area contributed by atoms with Crippen LogP contribution in [0.15, 0.2) is 84.9 Å². The molecule has 5 aromatic rings. The number of hydrogen-bond donors (Lipinski definition) is 1. The van der Waals surface area contributed by atoms with Crippen LogP contribution in [0.4, 0.5) is 10.1 Å². The van der Waals surface area contributed by atoms with Gasteiger partial charge >= 0.3 is 0 Å². The second-order valence-corrected chi connectivity index (χ2v) is 12.4. The van der Waals surface area contributed by atoms with Crippen molar-refractivity contribution in [3.05, 3.63) is 118 Å². The maximum atomic E-state index is 14.2. The summed E-state index contributed by atoms with van der Waals surface area (Å²) in [4.78, 5) is 25.0. The molecule has 10 heteroatoms. The summed E-state index contributed by atoms with van der Waals surface area (Å²) in [5.41, 5.74) is 4.66. The molecule has 4 heterocycles. The summed E-state index contributed by atoms with van der Waals surface area (Å²) in [6.45, 7) is 4.20. The monoisotopic (exact) mass is 639 g/mol. The number of hydrogen-bond acceptors (Lipinski definition) is 6. The van der Waals surface area contributed by atoms with Gasteiger partial charge in [0.25, 0.3) is 5.91 Å².